The predicted octanol–water partition coefficient (Wildman–Crippen LogP) is 1.37. The van der Waals surface area contributed by atoms with Gasteiger partial charge in [0, 0.05) is 31.6 Å². The molecule has 0 radical (unpaired) electrons. The first-order chi connectivity index (χ1) is 14.3. The molecule has 1 heterocycles. The van der Waals surface area contributed by atoms with Crippen molar-refractivity contribution in [3.05, 3.63) is 41.8 Å². The van der Waals surface area contributed by atoms with E-state index < -0.39 is 45.1 Å². The van der Waals surface area contributed by atoms with Crippen LogP contribution in [0.4, 0.5) is 13.2 Å². The summed E-state index contributed by atoms with van der Waals surface area (Å²) in [5.41, 5.74) is 0.460. The molecule has 0 unspecified atom stereocenters. The Morgan fingerprint density at radius 3 is 2.42 bits per heavy atom. The van der Waals surface area contributed by atoms with Crippen molar-refractivity contribution in [1.29, 1.82) is 0 Å². The fourth-order valence-corrected chi connectivity index (χ4v) is 5.11. The number of amides is 1. The molecule has 174 valence electrons. The highest BCUT2D eigenvalue weighted by molar-refractivity contribution is 7.92. The topological polar surface area (TPSA) is 113 Å². The van der Waals surface area contributed by atoms with Crippen LogP contribution >= 0.6 is 0 Å². The average molecular weight is 484 g/mol. The lowest BCUT2D eigenvalue weighted by atomic mass is 10.1. The van der Waals surface area contributed by atoms with Gasteiger partial charge in [-0.2, -0.15) is 17.5 Å². The molecule has 31 heavy (non-hydrogen) atoms. The van der Waals surface area contributed by atoms with Crippen molar-refractivity contribution >= 4 is 26.0 Å². The first kappa shape index (κ1) is 25.3. The Bertz CT molecular complexity index is 993. The molecule has 1 aliphatic rings. The van der Waals surface area contributed by atoms with Crippen LogP contribution in [0, 0.1) is 5.92 Å². The minimum absolute atomic E-state index is 0.0149. The molecular weight excluding hydrogens is 459 g/mol. The summed E-state index contributed by atoms with van der Waals surface area (Å²) in [7, 11) is -7.38. The van der Waals surface area contributed by atoms with E-state index in [0.29, 0.717) is 12.0 Å². The van der Waals surface area contributed by atoms with Gasteiger partial charge in [0.1, 0.15) is 0 Å². The summed E-state index contributed by atoms with van der Waals surface area (Å²) in [5.74, 6) is -0.770. The molecule has 0 aromatic heterocycles. The molecule has 0 aliphatic carbocycles. The van der Waals surface area contributed by atoms with Gasteiger partial charge in [0.15, 0.2) is 0 Å². The number of carbonyl (C=O) groups is 1. The molecule has 8 nitrogen and oxygen atoms in total. The van der Waals surface area contributed by atoms with Gasteiger partial charge < -0.3 is 5.32 Å². The quantitative estimate of drug-likeness (QED) is 0.522. The van der Waals surface area contributed by atoms with E-state index >= 15 is 0 Å². The van der Waals surface area contributed by atoms with E-state index in [0.717, 1.165) is 5.41 Å². The van der Waals surface area contributed by atoms with Crippen LogP contribution in [0.3, 0.4) is 0 Å². The molecule has 0 saturated carbocycles. The molecule has 0 bridgehead atoms. The van der Waals surface area contributed by atoms with E-state index in [4.69, 9.17) is 0 Å². The van der Waals surface area contributed by atoms with Gasteiger partial charge in [0.25, 0.3) is 0 Å². The number of halogens is 3. The van der Waals surface area contributed by atoms with Crippen LogP contribution in [0.15, 0.2) is 41.1 Å². The van der Waals surface area contributed by atoms with Crippen molar-refractivity contribution in [2.24, 2.45) is 5.92 Å². The number of nitrogens with one attached hydrogen (secondary N) is 2. The minimum Gasteiger partial charge on any atom is -0.355 e. The zero-order valence-electron chi connectivity index (χ0n) is 16.6. The molecular formula is C18H24F3N3O5S2. The van der Waals surface area contributed by atoms with Crippen LogP contribution in [-0.2, 0) is 31.3 Å². The van der Waals surface area contributed by atoms with Crippen LogP contribution in [0.2, 0.25) is 0 Å². The fourth-order valence-electron chi connectivity index (χ4n) is 2.99. The SMILES string of the molecule is C=CS(=O)(=O)NC[C@H]1CCN(S(=O)(=O)c2ccc(CC(=O)NCCC(F)(F)F)cc2)C1. The Labute approximate surface area is 179 Å². The summed E-state index contributed by atoms with van der Waals surface area (Å²) in [6.07, 6.45) is -5.15. The zero-order chi connectivity index (χ0) is 23.3. The Balaban J connectivity index is 1.91. The normalized spacial score (nSPS) is 18.1. The van der Waals surface area contributed by atoms with E-state index in [1.807, 2.05) is 0 Å². The Hall–Kier alpha value is -1.96. The summed E-state index contributed by atoms with van der Waals surface area (Å²) in [6, 6.07) is 5.53. The molecule has 1 aliphatic heterocycles. The number of carbonyl (C=O) groups excluding carboxylic acids is 1. The monoisotopic (exact) mass is 483 g/mol. The zero-order valence-corrected chi connectivity index (χ0v) is 18.2. The van der Waals surface area contributed by atoms with Crippen molar-refractivity contribution in [2.45, 2.75) is 30.3 Å². The van der Waals surface area contributed by atoms with Crippen LogP contribution in [-0.4, -0.2) is 59.4 Å². The average Bonchev–Trinajstić information content (AvgIpc) is 3.16. The molecule has 1 aromatic carbocycles. The van der Waals surface area contributed by atoms with Crippen LogP contribution < -0.4 is 10.0 Å². The molecule has 2 N–H and O–H groups in total. The van der Waals surface area contributed by atoms with Crippen LogP contribution in [0.1, 0.15) is 18.4 Å². The summed E-state index contributed by atoms with van der Waals surface area (Å²) >= 11 is 0. The van der Waals surface area contributed by atoms with Gasteiger partial charge in [-0.15, -0.1) is 0 Å². The van der Waals surface area contributed by atoms with Crippen LogP contribution in [0.25, 0.3) is 0 Å². The van der Waals surface area contributed by atoms with Crippen molar-refractivity contribution < 1.29 is 34.8 Å². The first-order valence-corrected chi connectivity index (χ1v) is 12.4. The lowest BCUT2D eigenvalue weighted by Gasteiger charge is -2.17. The Morgan fingerprint density at radius 1 is 1.19 bits per heavy atom. The molecule has 1 fully saturated rings. The third kappa shape index (κ3) is 7.91. The highest BCUT2D eigenvalue weighted by atomic mass is 32.2. The van der Waals surface area contributed by atoms with Gasteiger partial charge >= 0.3 is 6.18 Å². The highest BCUT2D eigenvalue weighted by Crippen LogP contribution is 2.24. The lowest BCUT2D eigenvalue weighted by molar-refractivity contribution is -0.135. The van der Waals surface area contributed by atoms with Gasteiger partial charge in [-0.25, -0.2) is 21.6 Å². The molecule has 1 atom stereocenters. The van der Waals surface area contributed by atoms with Gasteiger partial charge in [0.2, 0.25) is 26.0 Å². The smallest absolute Gasteiger partial charge is 0.355 e. The van der Waals surface area contributed by atoms with Crippen molar-refractivity contribution in [3.8, 4) is 0 Å². The first-order valence-electron chi connectivity index (χ1n) is 9.37. The van der Waals surface area contributed by atoms with Crippen LogP contribution in [0.5, 0.6) is 0 Å². The highest BCUT2D eigenvalue weighted by Gasteiger charge is 2.33. The number of benzene rings is 1. The van der Waals surface area contributed by atoms with E-state index in [2.05, 4.69) is 16.6 Å². The maximum Gasteiger partial charge on any atom is 0.390 e. The third-order valence-corrected chi connectivity index (χ3v) is 7.58. The van der Waals surface area contributed by atoms with E-state index in [1.54, 1.807) is 0 Å². The maximum atomic E-state index is 12.8. The number of alkyl halides is 3. The lowest BCUT2D eigenvalue weighted by Crippen LogP contribution is -2.32. The summed E-state index contributed by atoms with van der Waals surface area (Å²) < 4.78 is 88.4. The number of hydrogen-bond acceptors (Lipinski definition) is 5. The molecule has 1 amide bonds. The molecule has 1 saturated heterocycles. The minimum atomic E-state index is -4.35. The predicted molar refractivity (Wildman–Crippen MR) is 108 cm³/mol. The number of nitrogens with zero attached hydrogens (tertiary/aromatic N) is 1. The largest absolute Gasteiger partial charge is 0.390 e. The standard InChI is InChI=1S/C18H24F3N3O5S2/c1-2-30(26,27)23-12-15-7-10-24(13-15)31(28,29)16-5-3-14(4-6-16)11-17(25)22-9-8-18(19,20)21/h2-6,15,23H,1,7-13H2,(H,22,25)/t15-/m1/s1. The van der Waals surface area contributed by atoms with Gasteiger partial charge in [-0.1, -0.05) is 18.7 Å². The van der Waals surface area contributed by atoms with E-state index in [1.165, 1.54) is 28.6 Å². The molecule has 13 heteroatoms. The van der Waals surface area contributed by atoms with Crippen molar-refractivity contribution in [3.63, 3.8) is 0 Å². The molecule has 0 spiro atoms. The maximum absolute atomic E-state index is 12.8. The fraction of sp³-hybridized carbons (Fsp3) is 0.500. The second-order valence-electron chi connectivity index (χ2n) is 7.11. The van der Waals surface area contributed by atoms with Crippen molar-refractivity contribution in [1.82, 2.24) is 14.3 Å². The van der Waals surface area contributed by atoms with E-state index in [9.17, 15) is 34.8 Å². The molecule has 1 aromatic rings. The Kier molecular flexibility index (Phi) is 8.25. The van der Waals surface area contributed by atoms with E-state index in [-0.39, 0.29) is 36.9 Å². The Morgan fingerprint density at radius 2 is 1.84 bits per heavy atom. The van der Waals surface area contributed by atoms with Gasteiger partial charge in [0.05, 0.1) is 17.7 Å². The summed E-state index contributed by atoms with van der Waals surface area (Å²) in [4.78, 5) is 11.7. The summed E-state index contributed by atoms with van der Waals surface area (Å²) in [6.45, 7) is 3.17. The van der Waals surface area contributed by atoms with Gasteiger partial charge in [-0.3, -0.25) is 4.79 Å². The number of hydrogen-bond donors (Lipinski definition) is 2. The second-order valence-corrected chi connectivity index (χ2v) is 10.8. The summed E-state index contributed by atoms with van der Waals surface area (Å²) in [5, 5.41) is 2.95. The molecule has 2 rings (SSSR count). The van der Waals surface area contributed by atoms with Gasteiger partial charge in [-0.05, 0) is 30.0 Å². The second kappa shape index (κ2) is 10.1. The third-order valence-electron chi connectivity index (χ3n) is 4.70. The number of sulfonamides is 2. The van der Waals surface area contributed by atoms with Crippen molar-refractivity contribution in [2.75, 3.05) is 26.2 Å². The number of rotatable bonds is 10.